The van der Waals surface area contributed by atoms with Crippen LogP contribution in [0.1, 0.15) is 30.0 Å². The van der Waals surface area contributed by atoms with E-state index in [2.05, 4.69) is 5.32 Å². The summed E-state index contributed by atoms with van der Waals surface area (Å²) in [5.41, 5.74) is 4.52. The number of anilines is 2. The van der Waals surface area contributed by atoms with E-state index in [1.54, 1.807) is 11.0 Å². The van der Waals surface area contributed by atoms with Gasteiger partial charge in [-0.15, -0.1) is 0 Å². The largest absolute Gasteiger partial charge is 0.324 e. The second kappa shape index (κ2) is 6.89. The van der Waals surface area contributed by atoms with Gasteiger partial charge < -0.3 is 10.2 Å². The first-order valence-corrected chi connectivity index (χ1v) is 8.71. The molecule has 1 aliphatic heterocycles. The van der Waals surface area contributed by atoms with Crippen molar-refractivity contribution in [2.24, 2.45) is 0 Å². The molecule has 1 atom stereocenters. The van der Waals surface area contributed by atoms with Gasteiger partial charge in [0.2, 0.25) is 11.8 Å². The van der Waals surface area contributed by atoms with Gasteiger partial charge in [0, 0.05) is 11.7 Å². The maximum absolute atomic E-state index is 12.7. The molecule has 0 radical (unpaired) electrons. The summed E-state index contributed by atoms with van der Waals surface area (Å²) < 4.78 is 0. The third-order valence-electron chi connectivity index (χ3n) is 4.48. The highest BCUT2D eigenvalue weighted by molar-refractivity contribution is 6.34. The third kappa shape index (κ3) is 3.54. The number of nitrogens with one attached hydrogen (secondary N) is 1. The first kappa shape index (κ1) is 17.5. The Bertz CT molecular complexity index is 824. The molecule has 1 unspecified atom stereocenters. The van der Waals surface area contributed by atoms with Crippen LogP contribution in [0.4, 0.5) is 11.4 Å². The van der Waals surface area contributed by atoms with Crippen molar-refractivity contribution >= 4 is 34.8 Å². The van der Waals surface area contributed by atoms with Gasteiger partial charge >= 0.3 is 0 Å². The van der Waals surface area contributed by atoms with Crippen molar-refractivity contribution in [3.8, 4) is 0 Å². The molecule has 0 saturated carbocycles. The van der Waals surface area contributed by atoms with Crippen molar-refractivity contribution in [1.82, 2.24) is 0 Å². The van der Waals surface area contributed by atoms with Crippen LogP contribution in [-0.4, -0.2) is 17.9 Å². The minimum Gasteiger partial charge on any atom is -0.324 e. The Morgan fingerprint density at radius 1 is 1.24 bits per heavy atom. The van der Waals surface area contributed by atoms with E-state index in [0.29, 0.717) is 10.7 Å². The number of fused-ring (bicyclic) bond motifs is 1. The van der Waals surface area contributed by atoms with E-state index in [1.807, 2.05) is 51.1 Å². The van der Waals surface area contributed by atoms with Crippen LogP contribution in [0, 0.1) is 13.8 Å². The summed E-state index contributed by atoms with van der Waals surface area (Å²) in [6.45, 7) is 5.83. The third-order valence-corrected chi connectivity index (χ3v) is 4.78. The van der Waals surface area contributed by atoms with Crippen LogP contribution in [0.3, 0.4) is 0 Å². The summed E-state index contributed by atoms with van der Waals surface area (Å²) in [7, 11) is 0. The maximum atomic E-state index is 12.7. The van der Waals surface area contributed by atoms with Gasteiger partial charge in [-0.1, -0.05) is 35.9 Å². The number of hydrogen-bond acceptors (Lipinski definition) is 2. The summed E-state index contributed by atoms with van der Waals surface area (Å²) in [6.07, 6.45) is 0.606. The number of carbonyl (C=O) groups excluding carboxylic acids is 2. The molecule has 25 heavy (non-hydrogen) atoms. The highest BCUT2D eigenvalue weighted by atomic mass is 35.5. The zero-order valence-electron chi connectivity index (χ0n) is 14.6. The molecular formula is C20H21ClN2O2. The lowest BCUT2D eigenvalue weighted by Crippen LogP contribution is -2.37. The van der Waals surface area contributed by atoms with Crippen LogP contribution in [-0.2, 0) is 16.0 Å². The molecule has 0 spiro atoms. The van der Waals surface area contributed by atoms with Gasteiger partial charge in [-0.05, 0) is 56.0 Å². The molecule has 0 aromatic heterocycles. The molecule has 0 saturated heterocycles. The average molecular weight is 357 g/mol. The van der Waals surface area contributed by atoms with E-state index in [0.717, 1.165) is 28.8 Å². The lowest BCUT2D eigenvalue weighted by molar-refractivity contribution is -0.125. The van der Waals surface area contributed by atoms with Gasteiger partial charge in [-0.3, -0.25) is 9.59 Å². The van der Waals surface area contributed by atoms with E-state index in [1.165, 1.54) is 0 Å². The molecule has 0 bridgehead atoms. The molecule has 3 rings (SSSR count). The van der Waals surface area contributed by atoms with Crippen molar-refractivity contribution in [2.75, 3.05) is 10.2 Å². The lowest BCUT2D eigenvalue weighted by atomic mass is 10.1. The second-order valence-corrected chi connectivity index (χ2v) is 7.02. The van der Waals surface area contributed by atoms with E-state index in [-0.39, 0.29) is 24.3 Å². The molecule has 0 aliphatic carbocycles. The molecule has 5 heteroatoms. The SMILES string of the molecule is Cc1cc(C)c(NC(=O)CC(=O)N2c3ccccc3CC2C)c(Cl)c1. The number of hydrogen-bond donors (Lipinski definition) is 1. The topological polar surface area (TPSA) is 49.4 Å². The van der Waals surface area contributed by atoms with Crippen molar-refractivity contribution in [3.63, 3.8) is 0 Å². The average Bonchev–Trinajstić information content (AvgIpc) is 2.86. The Kier molecular flexibility index (Phi) is 4.82. The Morgan fingerprint density at radius 3 is 2.68 bits per heavy atom. The van der Waals surface area contributed by atoms with Gasteiger partial charge in [-0.25, -0.2) is 0 Å². The molecule has 2 amide bonds. The van der Waals surface area contributed by atoms with Crippen LogP contribution < -0.4 is 10.2 Å². The summed E-state index contributed by atoms with van der Waals surface area (Å²) in [6, 6.07) is 11.6. The fourth-order valence-corrected chi connectivity index (χ4v) is 3.79. The highest BCUT2D eigenvalue weighted by Gasteiger charge is 2.31. The molecule has 0 fully saturated rings. The van der Waals surface area contributed by atoms with Crippen LogP contribution in [0.2, 0.25) is 5.02 Å². The van der Waals surface area contributed by atoms with Crippen molar-refractivity contribution < 1.29 is 9.59 Å². The zero-order valence-corrected chi connectivity index (χ0v) is 15.4. The minimum atomic E-state index is -0.351. The van der Waals surface area contributed by atoms with Gasteiger partial charge in [0.05, 0.1) is 10.7 Å². The van der Waals surface area contributed by atoms with Crippen LogP contribution in [0.15, 0.2) is 36.4 Å². The molecule has 1 heterocycles. The normalized spacial score (nSPS) is 15.8. The van der Waals surface area contributed by atoms with Crippen LogP contribution in [0.5, 0.6) is 0 Å². The Labute approximate surface area is 152 Å². The predicted molar refractivity (Wildman–Crippen MR) is 101 cm³/mol. The Morgan fingerprint density at radius 2 is 1.96 bits per heavy atom. The standard InChI is InChI=1S/C20H21ClN2O2/c1-12-8-13(2)20(16(21)9-12)22-18(24)11-19(25)23-14(3)10-15-6-4-5-7-17(15)23/h4-9,14H,10-11H2,1-3H3,(H,22,24). The van der Waals surface area contributed by atoms with E-state index in [9.17, 15) is 9.59 Å². The number of carbonyl (C=O) groups is 2. The number of rotatable bonds is 3. The zero-order chi connectivity index (χ0) is 18.1. The van der Waals surface area contributed by atoms with E-state index >= 15 is 0 Å². The number of nitrogens with zero attached hydrogens (tertiary/aromatic N) is 1. The number of benzene rings is 2. The summed E-state index contributed by atoms with van der Waals surface area (Å²) >= 11 is 6.22. The number of halogens is 1. The first-order valence-electron chi connectivity index (χ1n) is 8.33. The van der Waals surface area contributed by atoms with Crippen LogP contribution >= 0.6 is 11.6 Å². The van der Waals surface area contributed by atoms with Crippen molar-refractivity contribution in [3.05, 3.63) is 58.1 Å². The number of aryl methyl sites for hydroxylation is 2. The summed E-state index contributed by atoms with van der Waals surface area (Å²) in [5, 5.41) is 3.26. The molecule has 130 valence electrons. The first-order chi connectivity index (χ1) is 11.9. The van der Waals surface area contributed by atoms with Crippen molar-refractivity contribution in [2.45, 2.75) is 39.7 Å². The van der Waals surface area contributed by atoms with Gasteiger partial charge in [0.15, 0.2) is 0 Å². The number of amides is 2. The highest BCUT2D eigenvalue weighted by Crippen LogP contribution is 2.32. The van der Waals surface area contributed by atoms with Gasteiger partial charge in [0.25, 0.3) is 0 Å². The Hall–Kier alpha value is -2.33. The molecule has 2 aromatic rings. The molecule has 1 aliphatic rings. The molecular weight excluding hydrogens is 336 g/mol. The molecule has 2 aromatic carbocycles. The lowest BCUT2D eigenvalue weighted by Gasteiger charge is -2.22. The second-order valence-electron chi connectivity index (χ2n) is 6.61. The minimum absolute atomic E-state index is 0.0578. The fraction of sp³-hybridized carbons (Fsp3) is 0.300. The fourth-order valence-electron chi connectivity index (χ4n) is 3.43. The Balaban J connectivity index is 1.73. The maximum Gasteiger partial charge on any atom is 0.236 e. The summed E-state index contributed by atoms with van der Waals surface area (Å²) in [5.74, 6) is -0.550. The quantitative estimate of drug-likeness (QED) is 0.835. The van der Waals surface area contributed by atoms with E-state index < -0.39 is 0 Å². The monoisotopic (exact) mass is 356 g/mol. The van der Waals surface area contributed by atoms with Crippen molar-refractivity contribution in [1.29, 1.82) is 0 Å². The molecule has 1 N–H and O–H groups in total. The predicted octanol–water partition coefficient (Wildman–Crippen LogP) is 4.26. The van der Waals surface area contributed by atoms with Gasteiger partial charge in [-0.2, -0.15) is 0 Å². The van der Waals surface area contributed by atoms with E-state index in [4.69, 9.17) is 11.6 Å². The smallest absolute Gasteiger partial charge is 0.236 e. The van der Waals surface area contributed by atoms with Gasteiger partial charge in [0.1, 0.15) is 6.42 Å². The molecule has 4 nitrogen and oxygen atoms in total. The van der Waals surface area contributed by atoms with Crippen LogP contribution in [0.25, 0.3) is 0 Å². The number of para-hydroxylation sites is 1. The summed E-state index contributed by atoms with van der Waals surface area (Å²) in [4.78, 5) is 26.8.